The molecule has 2 atom stereocenters. The molecule has 0 saturated carbocycles. The molecule has 2 unspecified atom stereocenters. The minimum Gasteiger partial charge on any atom is -0.393 e. The lowest BCUT2D eigenvalue weighted by atomic mass is 10.1. The summed E-state index contributed by atoms with van der Waals surface area (Å²) in [4.78, 5) is 0. The molecule has 0 bridgehead atoms. The van der Waals surface area contributed by atoms with Gasteiger partial charge in [-0.05, 0) is 39.2 Å². The first kappa shape index (κ1) is 11.0. The van der Waals surface area contributed by atoms with Crippen molar-refractivity contribution in [2.75, 3.05) is 19.7 Å². The van der Waals surface area contributed by atoms with Gasteiger partial charge in [-0.15, -0.1) is 0 Å². The summed E-state index contributed by atoms with van der Waals surface area (Å²) in [6, 6.07) is 0. The molecular formula is C10H21NO2. The molecule has 1 heterocycles. The fraction of sp³-hybridized carbons (Fsp3) is 1.00. The standard InChI is InChI=1S/C10H21NO2/c1-9(12)5-6-11-8-10-4-2-3-7-13-10/h9-12H,2-8H2,1H3. The first-order valence-corrected chi connectivity index (χ1v) is 5.29. The zero-order valence-corrected chi connectivity index (χ0v) is 8.46. The Morgan fingerprint density at radius 3 is 3.00 bits per heavy atom. The van der Waals surface area contributed by atoms with Crippen LogP contribution in [0, 0.1) is 0 Å². The monoisotopic (exact) mass is 187 g/mol. The van der Waals surface area contributed by atoms with Crippen LogP contribution in [0.5, 0.6) is 0 Å². The van der Waals surface area contributed by atoms with E-state index in [1.807, 2.05) is 6.92 Å². The fourth-order valence-corrected chi connectivity index (χ4v) is 1.54. The van der Waals surface area contributed by atoms with E-state index in [9.17, 15) is 0 Å². The van der Waals surface area contributed by atoms with Gasteiger partial charge in [0.15, 0.2) is 0 Å². The van der Waals surface area contributed by atoms with Crippen LogP contribution in [0.2, 0.25) is 0 Å². The van der Waals surface area contributed by atoms with E-state index < -0.39 is 0 Å². The number of aliphatic hydroxyl groups is 1. The van der Waals surface area contributed by atoms with Gasteiger partial charge in [-0.25, -0.2) is 0 Å². The highest BCUT2D eigenvalue weighted by Gasteiger charge is 2.12. The van der Waals surface area contributed by atoms with Crippen LogP contribution in [-0.4, -0.2) is 37.0 Å². The maximum atomic E-state index is 9.02. The van der Waals surface area contributed by atoms with Gasteiger partial charge in [-0.3, -0.25) is 0 Å². The van der Waals surface area contributed by atoms with Crippen molar-refractivity contribution < 1.29 is 9.84 Å². The van der Waals surface area contributed by atoms with E-state index in [0.717, 1.165) is 26.1 Å². The average Bonchev–Trinajstić information content (AvgIpc) is 2.14. The SMILES string of the molecule is CC(O)CCNCC1CCCCO1. The quantitative estimate of drug-likeness (QED) is 0.629. The second-order valence-electron chi connectivity index (χ2n) is 3.83. The van der Waals surface area contributed by atoms with Crippen molar-refractivity contribution in [3.63, 3.8) is 0 Å². The maximum Gasteiger partial charge on any atom is 0.0699 e. The zero-order chi connectivity index (χ0) is 9.52. The Morgan fingerprint density at radius 2 is 2.38 bits per heavy atom. The summed E-state index contributed by atoms with van der Waals surface area (Å²) < 4.78 is 5.56. The molecule has 0 aliphatic carbocycles. The van der Waals surface area contributed by atoms with Crippen LogP contribution in [0.4, 0.5) is 0 Å². The average molecular weight is 187 g/mol. The number of rotatable bonds is 5. The molecule has 1 saturated heterocycles. The molecule has 0 amide bonds. The van der Waals surface area contributed by atoms with E-state index in [0.29, 0.717) is 6.10 Å². The third kappa shape index (κ3) is 5.24. The molecule has 0 aromatic rings. The van der Waals surface area contributed by atoms with Gasteiger partial charge in [0.05, 0.1) is 12.2 Å². The molecule has 0 radical (unpaired) electrons. The van der Waals surface area contributed by atoms with E-state index in [-0.39, 0.29) is 6.10 Å². The lowest BCUT2D eigenvalue weighted by Crippen LogP contribution is -2.33. The van der Waals surface area contributed by atoms with E-state index >= 15 is 0 Å². The molecule has 0 aromatic carbocycles. The summed E-state index contributed by atoms with van der Waals surface area (Å²) in [5.41, 5.74) is 0. The molecule has 13 heavy (non-hydrogen) atoms. The Balaban J connectivity index is 1.92. The third-order valence-electron chi connectivity index (χ3n) is 2.38. The predicted molar refractivity (Wildman–Crippen MR) is 52.8 cm³/mol. The normalized spacial score (nSPS) is 25.8. The fourth-order valence-electron chi connectivity index (χ4n) is 1.54. The van der Waals surface area contributed by atoms with Crippen molar-refractivity contribution >= 4 is 0 Å². The molecule has 3 nitrogen and oxygen atoms in total. The Labute approximate surface area is 80.5 Å². The largest absolute Gasteiger partial charge is 0.393 e. The Hall–Kier alpha value is -0.120. The second kappa shape index (κ2) is 6.35. The summed E-state index contributed by atoms with van der Waals surface area (Å²) in [5, 5.41) is 12.3. The highest BCUT2D eigenvalue weighted by Crippen LogP contribution is 2.11. The minimum atomic E-state index is -0.195. The number of aliphatic hydroxyl groups excluding tert-OH is 1. The van der Waals surface area contributed by atoms with Gasteiger partial charge in [-0.2, -0.15) is 0 Å². The summed E-state index contributed by atoms with van der Waals surface area (Å²) in [6.07, 6.45) is 4.73. The Morgan fingerprint density at radius 1 is 1.54 bits per heavy atom. The van der Waals surface area contributed by atoms with Crippen LogP contribution >= 0.6 is 0 Å². The van der Waals surface area contributed by atoms with Gasteiger partial charge in [0.25, 0.3) is 0 Å². The van der Waals surface area contributed by atoms with Crippen molar-refractivity contribution in [3.8, 4) is 0 Å². The first-order chi connectivity index (χ1) is 6.29. The van der Waals surface area contributed by atoms with Crippen LogP contribution in [-0.2, 0) is 4.74 Å². The number of hydrogen-bond donors (Lipinski definition) is 2. The van der Waals surface area contributed by atoms with Crippen molar-refractivity contribution in [2.45, 2.75) is 44.8 Å². The second-order valence-corrected chi connectivity index (χ2v) is 3.83. The van der Waals surface area contributed by atoms with E-state index in [1.54, 1.807) is 0 Å². The van der Waals surface area contributed by atoms with Crippen molar-refractivity contribution in [1.29, 1.82) is 0 Å². The lowest BCUT2D eigenvalue weighted by molar-refractivity contribution is 0.0166. The molecule has 0 spiro atoms. The molecule has 78 valence electrons. The molecule has 1 aliphatic rings. The lowest BCUT2D eigenvalue weighted by Gasteiger charge is -2.22. The highest BCUT2D eigenvalue weighted by atomic mass is 16.5. The van der Waals surface area contributed by atoms with Crippen molar-refractivity contribution in [3.05, 3.63) is 0 Å². The number of ether oxygens (including phenoxy) is 1. The van der Waals surface area contributed by atoms with Crippen LogP contribution < -0.4 is 5.32 Å². The maximum absolute atomic E-state index is 9.02. The Bertz CT molecular complexity index is 122. The van der Waals surface area contributed by atoms with Gasteiger partial charge in [0, 0.05) is 13.2 Å². The van der Waals surface area contributed by atoms with E-state index in [1.165, 1.54) is 19.3 Å². The van der Waals surface area contributed by atoms with Crippen LogP contribution in [0.3, 0.4) is 0 Å². The molecule has 1 aliphatic heterocycles. The zero-order valence-electron chi connectivity index (χ0n) is 8.46. The topological polar surface area (TPSA) is 41.5 Å². The van der Waals surface area contributed by atoms with E-state index in [2.05, 4.69) is 5.32 Å². The molecule has 0 aromatic heterocycles. The molecule has 2 N–H and O–H groups in total. The summed E-state index contributed by atoms with van der Waals surface area (Å²) in [6.45, 7) is 4.56. The summed E-state index contributed by atoms with van der Waals surface area (Å²) in [5.74, 6) is 0. The molecule has 1 rings (SSSR count). The van der Waals surface area contributed by atoms with Crippen molar-refractivity contribution in [2.24, 2.45) is 0 Å². The predicted octanol–water partition coefficient (Wildman–Crippen LogP) is 0.916. The summed E-state index contributed by atoms with van der Waals surface area (Å²) in [7, 11) is 0. The first-order valence-electron chi connectivity index (χ1n) is 5.29. The van der Waals surface area contributed by atoms with Crippen LogP contribution in [0.1, 0.15) is 32.6 Å². The highest BCUT2D eigenvalue weighted by molar-refractivity contribution is 4.66. The Kier molecular flexibility index (Phi) is 5.35. The van der Waals surface area contributed by atoms with Gasteiger partial charge >= 0.3 is 0 Å². The van der Waals surface area contributed by atoms with Crippen molar-refractivity contribution in [1.82, 2.24) is 5.32 Å². The van der Waals surface area contributed by atoms with E-state index in [4.69, 9.17) is 9.84 Å². The van der Waals surface area contributed by atoms with Gasteiger partial charge in [0.2, 0.25) is 0 Å². The summed E-state index contributed by atoms with van der Waals surface area (Å²) >= 11 is 0. The smallest absolute Gasteiger partial charge is 0.0699 e. The number of hydrogen-bond acceptors (Lipinski definition) is 3. The van der Waals surface area contributed by atoms with Crippen LogP contribution in [0.15, 0.2) is 0 Å². The van der Waals surface area contributed by atoms with Gasteiger partial charge in [-0.1, -0.05) is 0 Å². The third-order valence-corrected chi connectivity index (χ3v) is 2.38. The van der Waals surface area contributed by atoms with Gasteiger partial charge < -0.3 is 15.2 Å². The van der Waals surface area contributed by atoms with Gasteiger partial charge in [0.1, 0.15) is 0 Å². The molecular weight excluding hydrogens is 166 g/mol. The number of nitrogens with one attached hydrogen (secondary N) is 1. The molecule has 1 fully saturated rings. The minimum absolute atomic E-state index is 0.195. The van der Waals surface area contributed by atoms with Crippen LogP contribution in [0.25, 0.3) is 0 Å². The molecule has 3 heteroatoms.